The number of aliphatic hydroxyl groups excluding tert-OH is 1. The topological polar surface area (TPSA) is 61.3 Å². The van der Waals surface area contributed by atoms with Crippen molar-refractivity contribution in [3.8, 4) is 11.4 Å². The summed E-state index contributed by atoms with van der Waals surface area (Å²) in [5.41, 5.74) is 4.33. The van der Waals surface area contributed by atoms with Crippen molar-refractivity contribution in [1.82, 2.24) is 15.3 Å². The number of rotatable bonds is 7. The van der Waals surface area contributed by atoms with E-state index in [0.717, 1.165) is 62.5 Å². The zero-order valence-corrected chi connectivity index (χ0v) is 19.4. The van der Waals surface area contributed by atoms with Crippen molar-refractivity contribution in [1.29, 1.82) is 0 Å². The van der Waals surface area contributed by atoms with Crippen LogP contribution in [0.4, 0.5) is 5.82 Å². The minimum atomic E-state index is 0.250. The Balaban J connectivity index is 1.44. The van der Waals surface area contributed by atoms with E-state index < -0.39 is 0 Å². The first-order valence-electron chi connectivity index (χ1n) is 12.0. The predicted octanol–water partition coefficient (Wildman–Crippen LogP) is 4.65. The molecule has 0 spiro atoms. The van der Waals surface area contributed by atoms with E-state index in [1.807, 2.05) is 12.3 Å². The monoisotopic (exact) mass is 422 g/mol. The maximum atomic E-state index is 8.92. The number of nitrogens with one attached hydrogen (secondary N) is 1. The van der Waals surface area contributed by atoms with Gasteiger partial charge in [0, 0.05) is 37.5 Å². The van der Waals surface area contributed by atoms with E-state index in [4.69, 9.17) is 10.1 Å². The molecule has 0 saturated carbocycles. The normalized spacial score (nSPS) is 21.2. The molecule has 1 aromatic heterocycles. The molecular formula is C26H38N4O. The fraction of sp³-hybridized carbons (Fsp3) is 0.615. The van der Waals surface area contributed by atoms with Crippen molar-refractivity contribution < 1.29 is 5.11 Å². The molecule has 168 valence electrons. The number of nitrogens with zero attached hydrogens (tertiary/aromatic N) is 3. The van der Waals surface area contributed by atoms with Crippen molar-refractivity contribution in [2.24, 2.45) is 0 Å². The molecule has 2 N–H and O–H groups in total. The van der Waals surface area contributed by atoms with E-state index in [-0.39, 0.29) is 12.0 Å². The van der Waals surface area contributed by atoms with Gasteiger partial charge in [-0.1, -0.05) is 32.9 Å². The number of hydrogen-bond acceptors (Lipinski definition) is 5. The summed E-state index contributed by atoms with van der Waals surface area (Å²) in [6.45, 7) is 10.4. The second kappa shape index (κ2) is 9.66. The summed E-state index contributed by atoms with van der Waals surface area (Å²) >= 11 is 0. The number of fused-ring (bicyclic) bond motifs is 1. The molecule has 0 amide bonds. The lowest BCUT2D eigenvalue weighted by atomic mass is 9.69. The van der Waals surface area contributed by atoms with Crippen molar-refractivity contribution in [3.63, 3.8) is 0 Å². The molecule has 1 unspecified atom stereocenters. The van der Waals surface area contributed by atoms with Crippen LogP contribution in [0.25, 0.3) is 11.4 Å². The average molecular weight is 423 g/mol. The Hall–Kier alpha value is -1.98. The second-order valence-electron chi connectivity index (χ2n) is 10.0. The van der Waals surface area contributed by atoms with Crippen LogP contribution in [0.2, 0.25) is 0 Å². The van der Waals surface area contributed by atoms with Gasteiger partial charge in [0.05, 0.1) is 0 Å². The fourth-order valence-corrected chi connectivity index (χ4v) is 5.11. The van der Waals surface area contributed by atoms with E-state index in [1.165, 1.54) is 24.0 Å². The Morgan fingerprint density at radius 1 is 1.13 bits per heavy atom. The Kier molecular flexibility index (Phi) is 6.92. The standard InChI is InChI=1S/C26H38N4O/c1-19-8-12-26(2,3)23-7-6-20(18-22(19)23)25-28-14-9-24(29-25)30-15-10-21(11-16-30)27-13-4-5-17-31/h6-7,9,14,18-19,21,27,31H,4-5,8,10-13,15-17H2,1-3H3. The van der Waals surface area contributed by atoms with Gasteiger partial charge in [-0.3, -0.25) is 0 Å². The van der Waals surface area contributed by atoms with Crippen molar-refractivity contribution in [2.75, 3.05) is 31.1 Å². The Labute approximate surface area is 187 Å². The first-order valence-corrected chi connectivity index (χ1v) is 12.0. The van der Waals surface area contributed by atoms with E-state index in [1.54, 1.807) is 0 Å². The maximum absolute atomic E-state index is 8.92. The van der Waals surface area contributed by atoms with Gasteiger partial charge in [0.25, 0.3) is 0 Å². The molecule has 2 aliphatic rings. The Morgan fingerprint density at radius 2 is 1.94 bits per heavy atom. The summed E-state index contributed by atoms with van der Waals surface area (Å²) in [6.07, 6.45) is 8.58. The van der Waals surface area contributed by atoms with E-state index in [2.05, 4.69) is 54.2 Å². The molecule has 4 rings (SSSR count). The van der Waals surface area contributed by atoms with Crippen LogP contribution >= 0.6 is 0 Å². The smallest absolute Gasteiger partial charge is 0.161 e. The van der Waals surface area contributed by atoms with Crippen LogP contribution in [0.15, 0.2) is 30.5 Å². The van der Waals surface area contributed by atoms with Gasteiger partial charge in [-0.2, -0.15) is 0 Å². The van der Waals surface area contributed by atoms with Crippen LogP contribution in [-0.2, 0) is 5.41 Å². The van der Waals surface area contributed by atoms with Crippen LogP contribution in [0.3, 0.4) is 0 Å². The van der Waals surface area contributed by atoms with Gasteiger partial charge in [-0.25, -0.2) is 9.97 Å². The molecule has 0 radical (unpaired) electrons. The average Bonchev–Trinajstić information content (AvgIpc) is 2.80. The molecule has 31 heavy (non-hydrogen) atoms. The molecule has 0 bridgehead atoms. The number of piperidine rings is 1. The number of anilines is 1. The van der Waals surface area contributed by atoms with Crippen molar-refractivity contribution in [3.05, 3.63) is 41.6 Å². The lowest BCUT2D eigenvalue weighted by molar-refractivity contribution is 0.281. The highest BCUT2D eigenvalue weighted by molar-refractivity contribution is 5.61. The van der Waals surface area contributed by atoms with E-state index in [9.17, 15) is 0 Å². The zero-order chi connectivity index (χ0) is 21.8. The third-order valence-electron chi connectivity index (χ3n) is 7.25. The minimum absolute atomic E-state index is 0.250. The number of benzene rings is 1. The molecule has 1 aliphatic carbocycles. The van der Waals surface area contributed by atoms with Crippen molar-refractivity contribution in [2.45, 2.75) is 76.7 Å². The summed E-state index contributed by atoms with van der Waals surface area (Å²) in [5, 5.41) is 12.6. The van der Waals surface area contributed by atoms with Crippen LogP contribution in [0.1, 0.15) is 76.3 Å². The third-order valence-corrected chi connectivity index (χ3v) is 7.25. The third kappa shape index (κ3) is 5.09. The highest BCUT2D eigenvalue weighted by Gasteiger charge is 2.31. The molecule has 1 fully saturated rings. The summed E-state index contributed by atoms with van der Waals surface area (Å²) < 4.78 is 0. The molecule has 1 aliphatic heterocycles. The van der Waals surface area contributed by atoms with Gasteiger partial charge >= 0.3 is 0 Å². The largest absolute Gasteiger partial charge is 0.396 e. The van der Waals surface area contributed by atoms with E-state index >= 15 is 0 Å². The van der Waals surface area contributed by atoms with Gasteiger partial charge in [0.2, 0.25) is 0 Å². The maximum Gasteiger partial charge on any atom is 0.161 e. The Bertz CT molecular complexity index is 873. The Morgan fingerprint density at radius 3 is 2.71 bits per heavy atom. The van der Waals surface area contributed by atoms with Gasteiger partial charge in [-0.05, 0) is 79.7 Å². The number of hydrogen-bond donors (Lipinski definition) is 2. The van der Waals surface area contributed by atoms with Crippen LogP contribution < -0.4 is 10.2 Å². The highest BCUT2D eigenvalue weighted by atomic mass is 16.2. The molecule has 2 heterocycles. The zero-order valence-electron chi connectivity index (χ0n) is 19.4. The molecule has 1 atom stereocenters. The summed E-state index contributed by atoms with van der Waals surface area (Å²) in [4.78, 5) is 12.0. The minimum Gasteiger partial charge on any atom is -0.396 e. The van der Waals surface area contributed by atoms with Crippen LogP contribution in [-0.4, -0.2) is 47.4 Å². The molecule has 5 heteroatoms. The first-order chi connectivity index (χ1) is 15.0. The molecule has 2 aromatic rings. The van der Waals surface area contributed by atoms with E-state index in [0.29, 0.717) is 12.0 Å². The molecular weight excluding hydrogens is 384 g/mol. The predicted molar refractivity (Wildman–Crippen MR) is 128 cm³/mol. The van der Waals surface area contributed by atoms with Crippen molar-refractivity contribution >= 4 is 5.82 Å². The number of unbranched alkanes of at least 4 members (excludes halogenated alkanes) is 1. The quantitative estimate of drug-likeness (QED) is 0.636. The van der Waals surface area contributed by atoms with Gasteiger partial charge in [0.15, 0.2) is 5.82 Å². The lowest BCUT2D eigenvalue weighted by Crippen LogP contribution is -2.43. The fourth-order valence-electron chi connectivity index (χ4n) is 5.11. The molecule has 5 nitrogen and oxygen atoms in total. The number of aliphatic hydroxyl groups is 1. The number of aromatic nitrogens is 2. The lowest BCUT2D eigenvalue weighted by Gasteiger charge is -2.36. The van der Waals surface area contributed by atoms with Crippen LogP contribution in [0.5, 0.6) is 0 Å². The van der Waals surface area contributed by atoms with Gasteiger partial charge < -0.3 is 15.3 Å². The molecule has 1 aromatic carbocycles. The summed E-state index contributed by atoms with van der Waals surface area (Å²) in [5.74, 6) is 2.46. The second-order valence-corrected chi connectivity index (χ2v) is 10.0. The molecule has 1 saturated heterocycles. The first kappa shape index (κ1) is 22.2. The summed E-state index contributed by atoms with van der Waals surface area (Å²) in [7, 11) is 0. The SMILES string of the molecule is CC1CCC(C)(C)c2ccc(-c3nccc(N4CCC(NCCCCO)CC4)n3)cc21. The van der Waals surface area contributed by atoms with Gasteiger partial charge in [0.1, 0.15) is 5.82 Å². The summed E-state index contributed by atoms with van der Waals surface area (Å²) in [6, 6.07) is 9.47. The van der Waals surface area contributed by atoms with Gasteiger partial charge in [-0.15, -0.1) is 0 Å². The van der Waals surface area contributed by atoms with Crippen LogP contribution in [0, 0.1) is 0 Å². The highest BCUT2D eigenvalue weighted by Crippen LogP contribution is 2.43.